The zero-order valence-corrected chi connectivity index (χ0v) is 15.1. The second kappa shape index (κ2) is 8.87. The molecule has 7 heteroatoms. The first kappa shape index (κ1) is 18.5. The van der Waals surface area contributed by atoms with Gasteiger partial charge >= 0.3 is 0 Å². The van der Waals surface area contributed by atoms with Crippen LogP contribution in [0.2, 0.25) is 5.02 Å². The predicted molar refractivity (Wildman–Crippen MR) is 98.9 cm³/mol. The Labute approximate surface area is 156 Å². The summed E-state index contributed by atoms with van der Waals surface area (Å²) < 4.78 is 11.4. The van der Waals surface area contributed by atoms with E-state index in [9.17, 15) is 9.59 Å². The predicted octanol–water partition coefficient (Wildman–Crippen LogP) is 2.73. The third-order valence-electron chi connectivity index (χ3n) is 4.21. The molecule has 1 unspecified atom stereocenters. The highest BCUT2D eigenvalue weighted by Gasteiger charge is 2.24. The first-order valence-electron chi connectivity index (χ1n) is 8.60. The topological polar surface area (TPSA) is 71.6 Å². The molecule has 0 saturated carbocycles. The molecule has 1 aromatic carbocycles. The molecule has 0 bridgehead atoms. The zero-order valence-electron chi connectivity index (χ0n) is 14.3. The van der Waals surface area contributed by atoms with Crippen LogP contribution < -0.4 is 10.3 Å². The van der Waals surface area contributed by atoms with Crippen LogP contribution in [0.1, 0.15) is 23.2 Å². The summed E-state index contributed by atoms with van der Waals surface area (Å²) in [7, 11) is 0. The van der Waals surface area contributed by atoms with Gasteiger partial charge < -0.3 is 19.4 Å². The first-order valence-corrected chi connectivity index (χ1v) is 8.98. The smallest absolute Gasteiger partial charge is 0.266 e. The molecule has 1 amide bonds. The van der Waals surface area contributed by atoms with E-state index in [1.54, 1.807) is 4.90 Å². The molecule has 138 valence electrons. The zero-order chi connectivity index (χ0) is 18.4. The SMILES string of the molecule is O=C(c1c[nH]c(=O)c(Cl)c1)N(CCOc1ccccc1)CC1CCCO1. The van der Waals surface area contributed by atoms with Gasteiger partial charge in [-0.25, -0.2) is 0 Å². The van der Waals surface area contributed by atoms with Gasteiger partial charge in [0.1, 0.15) is 17.4 Å². The van der Waals surface area contributed by atoms with Crippen LogP contribution in [-0.2, 0) is 4.74 Å². The molecule has 6 nitrogen and oxygen atoms in total. The molecule has 1 fully saturated rings. The molecule has 1 saturated heterocycles. The van der Waals surface area contributed by atoms with Gasteiger partial charge in [-0.3, -0.25) is 9.59 Å². The Hall–Kier alpha value is -2.31. The number of aromatic amines is 1. The van der Waals surface area contributed by atoms with Crippen molar-refractivity contribution in [2.45, 2.75) is 18.9 Å². The van der Waals surface area contributed by atoms with E-state index in [1.165, 1.54) is 12.3 Å². The number of carbonyl (C=O) groups is 1. The first-order chi connectivity index (χ1) is 12.6. The van der Waals surface area contributed by atoms with Gasteiger partial charge in [0.05, 0.1) is 18.2 Å². The number of pyridine rings is 1. The Bertz CT molecular complexity index is 788. The number of nitrogens with zero attached hydrogens (tertiary/aromatic N) is 1. The van der Waals surface area contributed by atoms with Gasteiger partial charge in [0, 0.05) is 19.3 Å². The highest BCUT2D eigenvalue weighted by Crippen LogP contribution is 2.16. The number of aromatic nitrogens is 1. The molecular weight excluding hydrogens is 356 g/mol. The molecule has 0 aliphatic carbocycles. The monoisotopic (exact) mass is 376 g/mol. The van der Waals surface area contributed by atoms with Gasteiger partial charge in [0.25, 0.3) is 11.5 Å². The minimum absolute atomic E-state index is 0.00606. The van der Waals surface area contributed by atoms with Crippen LogP contribution >= 0.6 is 11.6 Å². The molecule has 2 aromatic rings. The number of halogens is 1. The van der Waals surface area contributed by atoms with Crippen molar-refractivity contribution >= 4 is 17.5 Å². The average Bonchev–Trinajstić information content (AvgIpc) is 3.16. The number of nitrogens with one attached hydrogen (secondary N) is 1. The van der Waals surface area contributed by atoms with E-state index in [-0.39, 0.29) is 17.0 Å². The molecular formula is C19H21ClN2O4. The molecule has 1 aliphatic rings. The highest BCUT2D eigenvalue weighted by molar-refractivity contribution is 6.30. The van der Waals surface area contributed by atoms with Crippen molar-refractivity contribution < 1.29 is 14.3 Å². The molecule has 3 rings (SSSR count). The number of rotatable bonds is 7. The lowest BCUT2D eigenvalue weighted by Gasteiger charge is -2.25. The summed E-state index contributed by atoms with van der Waals surface area (Å²) in [5, 5.41) is -0.00606. The van der Waals surface area contributed by atoms with Crippen molar-refractivity contribution in [3.8, 4) is 5.75 Å². The van der Waals surface area contributed by atoms with Crippen LogP contribution in [-0.4, -0.2) is 48.2 Å². The minimum atomic E-state index is -0.415. The van der Waals surface area contributed by atoms with Crippen LogP contribution in [0.25, 0.3) is 0 Å². The van der Waals surface area contributed by atoms with E-state index >= 15 is 0 Å². The van der Waals surface area contributed by atoms with Gasteiger partial charge in [-0.05, 0) is 31.0 Å². The summed E-state index contributed by atoms with van der Waals surface area (Å²) in [6, 6.07) is 10.8. The number of H-pyrrole nitrogens is 1. The van der Waals surface area contributed by atoms with Crippen molar-refractivity contribution in [1.29, 1.82) is 0 Å². The number of amides is 1. The van der Waals surface area contributed by atoms with Crippen LogP contribution in [0.5, 0.6) is 5.75 Å². The second-order valence-corrected chi connectivity index (χ2v) is 6.52. The largest absolute Gasteiger partial charge is 0.492 e. The summed E-state index contributed by atoms with van der Waals surface area (Å²) >= 11 is 5.85. The normalized spacial score (nSPS) is 16.4. The van der Waals surface area contributed by atoms with E-state index in [4.69, 9.17) is 21.1 Å². The fourth-order valence-electron chi connectivity index (χ4n) is 2.86. The van der Waals surface area contributed by atoms with Crippen LogP contribution in [0.3, 0.4) is 0 Å². The molecule has 1 atom stereocenters. The van der Waals surface area contributed by atoms with Crippen molar-refractivity contribution in [3.63, 3.8) is 0 Å². The summed E-state index contributed by atoms with van der Waals surface area (Å²) in [5.41, 5.74) is -0.0754. The van der Waals surface area contributed by atoms with E-state index in [0.29, 0.717) is 25.3 Å². The Kier molecular flexibility index (Phi) is 6.30. The van der Waals surface area contributed by atoms with Crippen molar-refractivity contribution in [3.05, 3.63) is 63.5 Å². The maximum Gasteiger partial charge on any atom is 0.266 e. The summed E-state index contributed by atoms with van der Waals surface area (Å²) in [5.74, 6) is 0.541. The van der Waals surface area contributed by atoms with Crippen molar-refractivity contribution in [1.82, 2.24) is 9.88 Å². The fraction of sp³-hybridized carbons (Fsp3) is 0.368. The van der Waals surface area contributed by atoms with E-state index in [1.807, 2.05) is 30.3 Å². The standard InChI is InChI=1S/C19H21ClN2O4/c20-17-11-14(12-21-18(17)23)19(24)22(13-16-7-4-9-25-16)8-10-26-15-5-2-1-3-6-15/h1-3,5-6,11-12,16H,4,7-10,13H2,(H,21,23). The van der Waals surface area contributed by atoms with Gasteiger partial charge in [0.15, 0.2) is 0 Å². The number of para-hydroxylation sites is 1. The third-order valence-corrected chi connectivity index (χ3v) is 4.49. The van der Waals surface area contributed by atoms with E-state index < -0.39 is 5.56 Å². The van der Waals surface area contributed by atoms with Gasteiger partial charge in [-0.15, -0.1) is 0 Å². The number of benzene rings is 1. The van der Waals surface area contributed by atoms with Crippen LogP contribution in [0, 0.1) is 0 Å². The highest BCUT2D eigenvalue weighted by atomic mass is 35.5. The lowest BCUT2D eigenvalue weighted by Crippen LogP contribution is -2.40. The van der Waals surface area contributed by atoms with Crippen LogP contribution in [0.4, 0.5) is 0 Å². The van der Waals surface area contributed by atoms with Crippen LogP contribution in [0.15, 0.2) is 47.4 Å². The summed E-state index contributed by atoms with van der Waals surface area (Å²) in [6.45, 7) is 1.97. The van der Waals surface area contributed by atoms with E-state index in [0.717, 1.165) is 25.2 Å². The minimum Gasteiger partial charge on any atom is -0.492 e. The fourth-order valence-corrected chi connectivity index (χ4v) is 3.03. The lowest BCUT2D eigenvalue weighted by molar-refractivity contribution is 0.0493. The Morgan fingerprint density at radius 3 is 2.85 bits per heavy atom. The number of hydrogen-bond donors (Lipinski definition) is 1. The second-order valence-electron chi connectivity index (χ2n) is 6.11. The number of hydrogen-bond acceptors (Lipinski definition) is 4. The molecule has 0 spiro atoms. The Morgan fingerprint density at radius 2 is 2.15 bits per heavy atom. The van der Waals surface area contributed by atoms with Gasteiger partial charge in [-0.1, -0.05) is 29.8 Å². The Balaban J connectivity index is 1.68. The number of carbonyl (C=O) groups excluding carboxylic acids is 1. The van der Waals surface area contributed by atoms with E-state index in [2.05, 4.69) is 4.98 Å². The molecule has 1 N–H and O–H groups in total. The van der Waals surface area contributed by atoms with Gasteiger partial charge in [-0.2, -0.15) is 0 Å². The maximum atomic E-state index is 12.9. The van der Waals surface area contributed by atoms with Crippen molar-refractivity contribution in [2.75, 3.05) is 26.3 Å². The summed E-state index contributed by atoms with van der Waals surface area (Å²) in [4.78, 5) is 28.5. The quantitative estimate of drug-likeness (QED) is 0.806. The lowest BCUT2D eigenvalue weighted by atomic mass is 10.2. The average molecular weight is 377 g/mol. The Morgan fingerprint density at radius 1 is 1.35 bits per heavy atom. The maximum absolute atomic E-state index is 12.9. The number of ether oxygens (including phenoxy) is 2. The van der Waals surface area contributed by atoms with Crippen molar-refractivity contribution in [2.24, 2.45) is 0 Å². The molecule has 26 heavy (non-hydrogen) atoms. The molecule has 1 aromatic heterocycles. The third kappa shape index (κ3) is 4.86. The molecule has 0 radical (unpaired) electrons. The molecule has 1 aliphatic heterocycles. The molecule has 2 heterocycles. The summed E-state index contributed by atoms with van der Waals surface area (Å²) in [6.07, 6.45) is 3.33. The van der Waals surface area contributed by atoms with Gasteiger partial charge in [0.2, 0.25) is 0 Å².